The zero-order valence-corrected chi connectivity index (χ0v) is 25.6. The van der Waals surface area contributed by atoms with Crippen LogP contribution in [0.15, 0.2) is 58.7 Å². The molecule has 2 aliphatic heterocycles. The fourth-order valence-corrected chi connectivity index (χ4v) is 6.48. The van der Waals surface area contributed by atoms with Gasteiger partial charge >= 0.3 is 0 Å². The molecule has 1 aromatic carbocycles. The topological polar surface area (TPSA) is 116 Å². The number of hydrogen-bond donors (Lipinski definition) is 3. The van der Waals surface area contributed by atoms with Crippen molar-refractivity contribution < 1.29 is 9.53 Å². The summed E-state index contributed by atoms with van der Waals surface area (Å²) in [7, 11) is 0. The molecule has 2 aliphatic rings. The van der Waals surface area contributed by atoms with Crippen LogP contribution in [-0.2, 0) is 9.53 Å². The summed E-state index contributed by atoms with van der Waals surface area (Å²) < 4.78 is 8.04. The first-order valence-corrected chi connectivity index (χ1v) is 16.2. The van der Waals surface area contributed by atoms with Crippen molar-refractivity contribution in [3.05, 3.63) is 54.4 Å². The highest BCUT2D eigenvalue weighted by Gasteiger charge is 2.24. The van der Waals surface area contributed by atoms with Gasteiger partial charge in [-0.3, -0.25) is 19.2 Å². The van der Waals surface area contributed by atoms with Crippen molar-refractivity contribution >= 4 is 40.8 Å². The second-order valence-electron chi connectivity index (χ2n) is 11.4. The highest BCUT2D eigenvalue weighted by Crippen LogP contribution is 2.28. The Morgan fingerprint density at radius 1 is 1.07 bits per heavy atom. The molecule has 0 bridgehead atoms. The number of amides is 1. The zero-order valence-electron chi connectivity index (χ0n) is 24.8. The highest BCUT2D eigenvalue weighted by molar-refractivity contribution is 7.99. The van der Waals surface area contributed by atoms with Gasteiger partial charge in [0.1, 0.15) is 5.65 Å². The summed E-state index contributed by atoms with van der Waals surface area (Å²) in [6.07, 6.45) is 9.61. The van der Waals surface area contributed by atoms with Crippen molar-refractivity contribution in [2.75, 3.05) is 56.5 Å². The summed E-state index contributed by atoms with van der Waals surface area (Å²) in [5, 5.41) is 14.1. The predicted octanol–water partition coefficient (Wildman–Crippen LogP) is 4.95. The standard InChI is InChI=1S/C31H41N9O2S/c1-23-20-27(37-36-23)33-30-35-31(34-28-8-6-17-40(28)30)43-26-11-9-24(10-12-26)32-29(41)22-39-18-13-25(21-39)42-19-7-16-38-14-4-2-3-5-15-38/h6,8-12,17,20,25H,2-5,7,13-16,18-19,21-22H2,1H3,(H,32,41)(H2,33,34,35,36,37). The molecular weight excluding hydrogens is 562 g/mol. The molecule has 0 saturated carbocycles. The number of nitrogens with one attached hydrogen (secondary N) is 3. The van der Waals surface area contributed by atoms with Crippen LogP contribution in [-0.4, -0.2) is 92.3 Å². The van der Waals surface area contributed by atoms with Crippen LogP contribution in [0.3, 0.4) is 0 Å². The Kier molecular flexibility index (Phi) is 9.88. The van der Waals surface area contributed by atoms with Gasteiger partial charge in [0.15, 0.2) is 11.0 Å². The first-order chi connectivity index (χ1) is 21.1. The van der Waals surface area contributed by atoms with Crippen LogP contribution in [0.4, 0.5) is 17.5 Å². The lowest BCUT2D eigenvalue weighted by molar-refractivity contribution is -0.117. The molecule has 4 aromatic rings. The quantitative estimate of drug-likeness (QED) is 0.194. The zero-order chi connectivity index (χ0) is 29.4. The average Bonchev–Trinajstić information content (AvgIpc) is 3.70. The van der Waals surface area contributed by atoms with Crippen LogP contribution in [0.5, 0.6) is 0 Å². The van der Waals surface area contributed by atoms with Crippen LogP contribution >= 0.6 is 11.8 Å². The van der Waals surface area contributed by atoms with Gasteiger partial charge in [0.2, 0.25) is 11.9 Å². The molecule has 3 N–H and O–H groups in total. The van der Waals surface area contributed by atoms with Crippen LogP contribution < -0.4 is 10.6 Å². The van der Waals surface area contributed by atoms with Crippen LogP contribution in [0.1, 0.15) is 44.2 Å². The maximum atomic E-state index is 12.8. The molecule has 2 saturated heterocycles. The summed E-state index contributed by atoms with van der Waals surface area (Å²) in [5.41, 5.74) is 2.53. The van der Waals surface area contributed by atoms with E-state index in [1.807, 2.05) is 60.0 Å². The number of carbonyl (C=O) groups excluding carboxylic acids is 1. The van der Waals surface area contributed by atoms with E-state index < -0.39 is 0 Å². The van der Waals surface area contributed by atoms with Gasteiger partial charge in [0.25, 0.3) is 0 Å². The van der Waals surface area contributed by atoms with E-state index in [1.165, 1.54) is 50.5 Å². The first-order valence-electron chi connectivity index (χ1n) is 15.4. The van der Waals surface area contributed by atoms with E-state index in [-0.39, 0.29) is 12.0 Å². The monoisotopic (exact) mass is 603 g/mol. The number of hydrogen-bond acceptors (Lipinski definition) is 9. The molecular formula is C31H41N9O2S. The van der Waals surface area contributed by atoms with Crippen molar-refractivity contribution in [1.82, 2.24) is 34.4 Å². The second kappa shape index (κ2) is 14.3. The van der Waals surface area contributed by atoms with E-state index in [0.717, 1.165) is 61.0 Å². The first kappa shape index (κ1) is 29.6. The number of likely N-dealkylation sites (tertiary alicyclic amines) is 2. The Hall–Kier alpha value is -3.45. The van der Waals surface area contributed by atoms with E-state index in [0.29, 0.717) is 23.5 Å². The van der Waals surface area contributed by atoms with E-state index >= 15 is 0 Å². The fourth-order valence-electron chi connectivity index (χ4n) is 5.73. The minimum Gasteiger partial charge on any atom is -0.377 e. The Labute approximate surface area is 256 Å². The molecule has 1 atom stereocenters. The molecule has 0 radical (unpaired) electrons. The molecule has 2 fully saturated rings. The Balaban J connectivity index is 0.947. The van der Waals surface area contributed by atoms with Crippen molar-refractivity contribution in [2.24, 2.45) is 0 Å². The number of H-pyrrole nitrogens is 1. The van der Waals surface area contributed by atoms with Crippen molar-refractivity contribution in [1.29, 1.82) is 0 Å². The normalized spacial score (nSPS) is 18.2. The van der Waals surface area contributed by atoms with Crippen molar-refractivity contribution in [3.63, 3.8) is 0 Å². The number of anilines is 3. The summed E-state index contributed by atoms with van der Waals surface area (Å²) in [6, 6.07) is 13.6. The second-order valence-corrected chi connectivity index (χ2v) is 12.5. The maximum Gasteiger partial charge on any atom is 0.238 e. The van der Waals surface area contributed by atoms with Gasteiger partial charge in [0.05, 0.1) is 12.6 Å². The van der Waals surface area contributed by atoms with Gasteiger partial charge in [-0.15, -0.1) is 0 Å². The van der Waals surface area contributed by atoms with Crippen LogP contribution in [0.25, 0.3) is 5.65 Å². The van der Waals surface area contributed by atoms with Gasteiger partial charge < -0.3 is 20.3 Å². The lowest BCUT2D eigenvalue weighted by Gasteiger charge is -2.20. The minimum atomic E-state index is -0.00597. The van der Waals surface area contributed by atoms with Gasteiger partial charge in [-0.05, 0) is 93.9 Å². The number of carbonyl (C=O) groups is 1. The van der Waals surface area contributed by atoms with E-state index in [1.54, 1.807) is 0 Å². The van der Waals surface area contributed by atoms with Gasteiger partial charge in [-0.2, -0.15) is 10.1 Å². The third-order valence-electron chi connectivity index (χ3n) is 7.93. The molecule has 1 unspecified atom stereocenters. The predicted molar refractivity (Wildman–Crippen MR) is 169 cm³/mol. The summed E-state index contributed by atoms with van der Waals surface area (Å²) in [5.74, 6) is 1.32. The molecule has 43 heavy (non-hydrogen) atoms. The van der Waals surface area contributed by atoms with Crippen LogP contribution in [0.2, 0.25) is 0 Å². The average molecular weight is 604 g/mol. The van der Waals surface area contributed by atoms with Gasteiger partial charge in [-0.25, -0.2) is 4.98 Å². The Bertz CT molecular complexity index is 1480. The number of aromatic nitrogens is 5. The third kappa shape index (κ3) is 8.35. The van der Waals surface area contributed by atoms with Crippen molar-refractivity contribution in [2.45, 2.75) is 61.6 Å². The van der Waals surface area contributed by atoms with E-state index in [9.17, 15) is 4.79 Å². The lowest BCUT2D eigenvalue weighted by atomic mass is 10.2. The Morgan fingerprint density at radius 3 is 2.70 bits per heavy atom. The molecule has 0 spiro atoms. The fraction of sp³-hybridized carbons (Fsp3) is 0.484. The number of nitrogens with zero attached hydrogens (tertiary/aromatic N) is 6. The SMILES string of the molecule is Cc1cc(Nc2nc(Sc3ccc(NC(=O)CN4CCC(OCCCN5CCCCCC5)C4)cc3)nc3cccn23)n[nH]1. The lowest BCUT2D eigenvalue weighted by Crippen LogP contribution is -2.32. The number of benzene rings is 1. The number of rotatable bonds is 12. The van der Waals surface area contributed by atoms with Crippen molar-refractivity contribution in [3.8, 4) is 0 Å². The minimum absolute atomic E-state index is 0.00597. The smallest absolute Gasteiger partial charge is 0.238 e. The largest absolute Gasteiger partial charge is 0.377 e. The molecule has 11 nitrogen and oxygen atoms in total. The molecule has 5 heterocycles. The van der Waals surface area contributed by atoms with E-state index in [4.69, 9.17) is 9.72 Å². The number of fused-ring (bicyclic) bond motifs is 1. The van der Waals surface area contributed by atoms with Gasteiger partial charge in [0, 0.05) is 54.8 Å². The Morgan fingerprint density at radius 2 is 1.91 bits per heavy atom. The maximum absolute atomic E-state index is 12.8. The molecule has 1 amide bonds. The highest BCUT2D eigenvalue weighted by atomic mass is 32.2. The number of aryl methyl sites for hydroxylation is 1. The third-order valence-corrected chi connectivity index (χ3v) is 8.80. The summed E-state index contributed by atoms with van der Waals surface area (Å²) >= 11 is 1.47. The van der Waals surface area contributed by atoms with E-state index in [2.05, 4.69) is 35.6 Å². The van der Waals surface area contributed by atoms with Gasteiger partial charge in [-0.1, -0.05) is 12.8 Å². The number of aromatic amines is 1. The molecule has 12 heteroatoms. The molecule has 6 rings (SSSR count). The summed E-state index contributed by atoms with van der Waals surface area (Å²) in [6.45, 7) is 8.44. The molecule has 0 aliphatic carbocycles. The summed E-state index contributed by atoms with van der Waals surface area (Å²) in [4.78, 5) is 27.9. The number of ether oxygens (including phenoxy) is 1. The molecule has 228 valence electrons. The molecule has 3 aromatic heterocycles. The van der Waals surface area contributed by atoms with Crippen LogP contribution in [0, 0.1) is 6.92 Å².